The predicted molar refractivity (Wildman–Crippen MR) is 128 cm³/mol. The summed E-state index contributed by atoms with van der Waals surface area (Å²) >= 11 is 3.13. The number of halogens is 4. The van der Waals surface area contributed by atoms with Gasteiger partial charge in [-0.1, -0.05) is 6.07 Å². The molecule has 0 saturated carbocycles. The maximum atomic E-state index is 12.8. The van der Waals surface area contributed by atoms with E-state index in [9.17, 15) is 23.1 Å². The molecule has 0 radical (unpaired) electrons. The van der Waals surface area contributed by atoms with Crippen LogP contribution in [0.3, 0.4) is 0 Å². The van der Waals surface area contributed by atoms with E-state index in [0.29, 0.717) is 32.3 Å². The van der Waals surface area contributed by atoms with Gasteiger partial charge in [-0.2, -0.15) is 18.3 Å². The van der Waals surface area contributed by atoms with Crippen molar-refractivity contribution in [3.63, 3.8) is 0 Å². The molecular weight excluding hydrogens is 572 g/mol. The molecule has 0 unspecified atom stereocenters. The van der Waals surface area contributed by atoms with E-state index in [2.05, 4.69) is 20.8 Å². The number of thiazole rings is 1. The normalized spacial score (nSPS) is 11.5. The molecule has 1 aromatic heterocycles. The molecule has 174 valence electrons. The Balaban J connectivity index is 1.57. The number of aromatic nitrogens is 1. The molecule has 1 heterocycles. The fourth-order valence-corrected chi connectivity index (χ4v) is 4.01. The van der Waals surface area contributed by atoms with Gasteiger partial charge in [0.2, 0.25) is 5.91 Å². The summed E-state index contributed by atoms with van der Waals surface area (Å²) < 4.78 is 44.5. The molecule has 0 fully saturated rings. The van der Waals surface area contributed by atoms with Crippen molar-refractivity contribution in [2.24, 2.45) is 5.10 Å². The van der Waals surface area contributed by atoms with Crippen LogP contribution in [0.5, 0.6) is 11.5 Å². The number of amides is 1. The molecule has 3 N–H and O–H groups in total. The van der Waals surface area contributed by atoms with Crippen LogP contribution in [0, 0.1) is 3.57 Å². The Kier molecular flexibility index (Phi) is 8.13. The van der Waals surface area contributed by atoms with Gasteiger partial charge in [-0.25, -0.2) is 10.4 Å². The first kappa shape index (κ1) is 24.8. The van der Waals surface area contributed by atoms with Gasteiger partial charge < -0.3 is 15.2 Å². The number of carbonyl (C=O) groups excluding carboxylic acids is 1. The molecule has 3 aromatic rings. The number of anilines is 2. The molecule has 1 amide bonds. The van der Waals surface area contributed by atoms with E-state index in [-0.39, 0.29) is 17.9 Å². The highest BCUT2D eigenvalue weighted by Gasteiger charge is 2.30. The molecular formula is C21H18F3IN4O3S. The van der Waals surface area contributed by atoms with Crippen molar-refractivity contribution in [3.8, 4) is 11.5 Å². The van der Waals surface area contributed by atoms with Crippen LogP contribution in [0.15, 0.2) is 46.9 Å². The van der Waals surface area contributed by atoms with Gasteiger partial charge in [-0.15, -0.1) is 11.3 Å². The lowest BCUT2D eigenvalue weighted by Gasteiger charge is -2.08. The Morgan fingerprint density at radius 1 is 1.33 bits per heavy atom. The third-order valence-corrected chi connectivity index (χ3v) is 5.72. The number of rotatable bonds is 8. The van der Waals surface area contributed by atoms with Crippen molar-refractivity contribution in [1.82, 2.24) is 10.4 Å². The van der Waals surface area contributed by atoms with Gasteiger partial charge in [0, 0.05) is 11.1 Å². The lowest BCUT2D eigenvalue weighted by Crippen LogP contribution is -2.20. The summed E-state index contributed by atoms with van der Waals surface area (Å²) in [4.78, 5) is 16.4. The number of nitrogens with one attached hydrogen (secondary N) is 2. The highest BCUT2D eigenvalue weighted by molar-refractivity contribution is 14.1. The van der Waals surface area contributed by atoms with Gasteiger partial charge in [0.25, 0.3) is 0 Å². The number of hydrogen-bond donors (Lipinski definition) is 3. The zero-order valence-corrected chi connectivity index (χ0v) is 20.1. The molecule has 2 aromatic carbocycles. The number of aromatic hydroxyl groups is 1. The van der Waals surface area contributed by atoms with Crippen molar-refractivity contribution in [2.45, 2.75) is 19.5 Å². The Labute approximate surface area is 204 Å². The van der Waals surface area contributed by atoms with Crippen LogP contribution in [0.25, 0.3) is 0 Å². The molecule has 3 rings (SSSR count). The van der Waals surface area contributed by atoms with Crippen LogP contribution in [0.1, 0.15) is 23.7 Å². The summed E-state index contributed by atoms with van der Waals surface area (Å²) in [7, 11) is 0. The Morgan fingerprint density at radius 2 is 2.12 bits per heavy atom. The minimum atomic E-state index is -4.44. The van der Waals surface area contributed by atoms with Crippen LogP contribution >= 0.6 is 33.9 Å². The number of ether oxygens (including phenoxy) is 1. The van der Waals surface area contributed by atoms with E-state index in [4.69, 9.17) is 4.74 Å². The van der Waals surface area contributed by atoms with E-state index in [1.165, 1.54) is 29.7 Å². The number of phenols is 1. The van der Waals surface area contributed by atoms with Gasteiger partial charge in [0.15, 0.2) is 16.6 Å². The summed E-state index contributed by atoms with van der Waals surface area (Å²) in [5.41, 5.74) is 2.94. The van der Waals surface area contributed by atoms with E-state index in [1.54, 1.807) is 24.4 Å². The van der Waals surface area contributed by atoms with Gasteiger partial charge in [-0.3, -0.25) is 4.79 Å². The van der Waals surface area contributed by atoms with Crippen LogP contribution in [-0.2, 0) is 17.4 Å². The molecule has 0 aliphatic rings. The molecule has 7 nitrogen and oxygen atoms in total. The molecule has 0 bridgehead atoms. The zero-order valence-electron chi connectivity index (χ0n) is 17.1. The lowest BCUT2D eigenvalue weighted by atomic mass is 10.2. The average Bonchev–Trinajstić information content (AvgIpc) is 3.18. The summed E-state index contributed by atoms with van der Waals surface area (Å²) in [6.07, 6.45) is -3.08. The first-order chi connectivity index (χ1) is 15.7. The zero-order chi connectivity index (χ0) is 24.0. The standard InChI is InChI=1S/C21H18F3IN4O3S/c1-2-32-17-7-12(6-16(25)19(17)31)10-26-29-18(30)9-15-11-33-20(28-15)27-14-5-3-4-13(8-14)21(22,23)24/h3-8,10-11,31H,2,9H2,1H3,(H,27,28)(H,29,30)/b26-10-. The van der Waals surface area contributed by atoms with Crippen LogP contribution in [-0.4, -0.2) is 28.8 Å². The minimum Gasteiger partial charge on any atom is -0.504 e. The summed E-state index contributed by atoms with van der Waals surface area (Å²) in [5.74, 6) is -0.0576. The van der Waals surface area contributed by atoms with Crippen molar-refractivity contribution in [3.05, 3.63) is 62.2 Å². The number of phenolic OH excluding ortho intramolecular Hbond substituents is 1. The monoisotopic (exact) mass is 590 g/mol. The van der Waals surface area contributed by atoms with Gasteiger partial charge in [0.05, 0.1) is 34.1 Å². The number of alkyl halides is 3. The Hall–Kier alpha value is -2.87. The third-order valence-electron chi connectivity index (χ3n) is 4.09. The first-order valence-corrected chi connectivity index (χ1v) is 11.5. The van der Waals surface area contributed by atoms with Gasteiger partial charge in [0.1, 0.15) is 0 Å². The number of nitrogens with zero attached hydrogens (tertiary/aromatic N) is 2. The smallest absolute Gasteiger partial charge is 0.416 e. The van der Waals surface area contributed by atoms with Crippen molar-refractivity contribution >= 4 is 56.9 Å². The molecule has 0 saturated heterocycles. The second-order valence-corrected chi connectivity index (χ2v) is 8.62. The maximum Gasteiger partial charge on any atom is 0.416 e. The van der Waals surface area contributed by atoms with Crippen molar-refractivity contribution < 1.29 is 27.8 Å². The molecule has 0 aliphatic heterocycles. The van der Waals surface area contributed by atoms with E-state index >= 15 is 0 Å². The molecule has 0 spiro atoms. The highest BCUT2D eigenvalue weighted by atomic mass is 127. The highest BCUT2D eigenvalue weighted by Crippen LogP contribution is 2.33. The topological polar surface area (TPSA) is 95.8 Å². The fraction of sp³-hybridized carbons (Fsp3) is 0.190. The van der Waals surface area contributed by atoms with E-state index in [1.807, 2.05) is 22.6 Å². The second kappa shape index (κ2) is 10.8. The third kappa shape index (κ3) is 7.05. The second-order valence-electron chi connectivity index (χ2n) is 6.60. The fourth-order valence-electron chi connectivity index (χ4n) is 2.66. The van der Waals surface area contributed by atoms with Crippen LogP contribution < -0.4 is 15.5 Å². The first-order valence-electron chi connectivity index (χ1n) is 9.51. The lowest BCUT2D eigenvalue weighted by molar-refractivity contribution is -0.137. The molecule has 33 heavy (non-hydrogen) atoms. The largest absolute Gasteiger partial charge is 0.504 e. The summed E-state index contributed by atoms with van der Waals surface area (Å²) in [6, 6.07) is 8.06. The van der Waals surface area contributed by atoms with Gasteiger partial charge >= 0.3 is 6.18 Å². The van der Waals surface area contributed by atoms with Gasteiger partial charge in [-0.05, 0) is 65.4 Å². The van der Waals surface area contributed by atoms with Crippen molar-refractivity contribution in [1.29, 1.82) is 0 Å². The average molecular weight is 590 g/mol. The van der Waals surface area contributed by atoms with Crippen LogP contribution in [0.4, 0.5) is 24.0 Å². The Bertz CT molecular complexity index is 1170. The number of carbonyl (C=O) groups is 1. The summed E-state index contributed by atoms with van der Waals surface area (Å²) in [5, 5.41) is 18.7. The number of hydrogen-bond acceptors (Lipinski definition) is 7. The quantitative estimate of drug-likeness (QED) is 0.188. The van der Waals surface area contributed by atoms with E-state index in [0.717, 1.165) is 12.1 Å². The number of hydrazone groups is 1. The molecule has 0 aliphatic carbocycles. The molecule has 12 heteroatoms. The SMILES string of the molecule is CCOc1cc(/C=N\NC(=O)Cc2csc(Nc3cccc(C(F)(F)F)c3)n2)cc(I)c1O. The summed E-state index contributed by atoms with van der Waals surface area (Å²) in [6.45, 7) is 2.19. The van der Waals surface area contributed by atoms with Crippen LogP contribution in [0.2, 0.25) is 0 Å². The van der Waals surface area contributed by atoms with E-state index < -0.39 is 17.6 Å². The maximum absolute atomic E-state index is 12.8. The minimum absolute atomic E-state index is 0.0386. The Morgan fingerprint density at radius 3 is 2.85 bits per heavy atom. The van der Waals surface area contributed by atoms with Crippen molar-refractivity contribution in [2.75, 3.05) is 11.9 Å². The predicted octanol–water partition coefficient (Wildman–Crippen LogP) is 5.31. The number of benzene rings is 2. The molecule has 0 atom stereocenters.